The maximum atomic E-state index is 12.2. The standard InChI is InChI=1S/C18H28BN5O4/c1-12-14(10-15(19(26)27)13(2)16(12)21-22-20)11-23-6-8-24(9-7-23)17(25)28-18(3,4)5/h10,26-27H,6-9,11H2,1-5H3. The summed E-state index contributed by atoms with van der Waals surface area (Å²) in [4.78, 5) is 18.9. The van der Waals surface area contributed by atoms with Gasteiger partial charge in [0.25, 0.3) is 0 Å². The maximum Gasteiger partial charge on any atom is 0.488 e. The molecule has 9 nitrogen and oxygen atoms in total. The van der Waals surface area contributed by atoms with Crippen LogP contribution in [0.3, 0.4) is 0 Å². The van der Waals surface area contributed by atoms with Crippen LogP contribution in [-0.2, 0) is 11.3 Å². The van der Waals surface area contributed by atoms with E-state index in [0.29, 0.717) is 49.4 Å². The van der Waals surface area contributed by atoms with Gasteiger partial charge in [0.1, 0.15) is 5.60 Å². The Hall–Kier alpha value is -2.26. The molecule has 152 valence electrons. The van der Waals surface area contributed by atoms with Crippen LogP contribution in [0, 0.1) is 13.8 Å². The average Bonchev–Trinajstić information content (AvgIpc) is 2.59. The van der Waals surface area contributed by atoms with E-state index in [-0.39, 0.29) is 6.09 Å². The van der Waals surface area contributed by atoms with Crippen LogP contribution in [0.2, 0.25) is 0 Å². The van der Waals surface area contributed by atoms with Crippen molar-refractivity contribution in [3.63, 3.8) is 0 Å². The molecule has 1 aromatic carbocycles. The zero-order valence-electron chi connectivity index (χ0n) is 17.1. The van der Waals surface area contributed by atoms with Gasteiger partial charge in [-0.3, -0.25) is 4.90 Å². The molecular weight excluding hydrogens is 361 g/mol. The lowest BCUT2D eigenvalue weighted by Crippen LogP contribution is -2.49. The van der Waals surface area contributed by atoms with Crippen molar-refractivity contribution in [2.45, 2.75) is 46.8 Å². The summed E-state index contributed by atoms with van der Waals surface area (Å²) in [6.45, 7) is 12.1. The SMILES string of the molecule is Cc1c(CN2CCN(C(=O)OC(C)(C)C)CC2)cc(B(O)O)c(C)c1N=[N+]=[N-]. The Labute approximate surface area is 165 Å². The Morgan fingerprint density at radius 1 is 1.25 bits per heavy atom. The molecule has 0 atom stereocenters. The van der Waals surface area contributed by atoms with Crippen molar-refractivity contribution >= 4 is 24.4 Å². The quantitative estimate of drug-likeness (QED) is 0.353. The minimum Gasteiger partial charge on any atom is -0.444 e. The second-order valence-corrected chi connectivity index (χ2v) is 8.03. The van der Waals surface area contributed by atoms with Crippen LogP contribution in [0.1, 0.15) is 37.5 Å². The Bertz CT molecular complexity index is 779. The monoisotopic (exact) mass is 389 g/mol. The lowest BCUT2D eigenvalue weighted by molar-refractivity contribution is 0.0139. The predicted octanol–water partition coefficient (Wildman–Crippen LogP) is 1.98. The maximum absolute atomic E-state index is 12.2. The van der Waals surface area contributed by atoms with Crippen LogP contribution >= 0.6 is 0 Å². The van der Waals surface area contributed by atoms with Gasteiger partial charge >= 0.3 is 13.2 Å². The number of nitrogens with zero attached hydrogens (tertiary/aromatic N) is 5. The van der Waals surface area contributed by atoms with Gasteiger partial charge in [0.15, 0.2) is 0 Å². The lowest BCUT2D eigenvalue weighted by atomic mass is 9.75. The third-order valence-electron chi connectivity index (χ3n) is 4.80. The van der Waals surface area contributed by atoms with E-state index in [1.54, 1.807) is 17.9 Å². The number of benzene rings is 1. The van der Waals surface area contributed by atoms with Crippen molar-refractivity contribution in [1.29, 1.82) is 0 Å². The van der Waals surface area contributed by atoms with Gasteiger partial charge < -0.3 is 19.7 Å². The van der Waals surface area contributed by atoms with Gasteiger partial charge in [-0.2, -0.15) is 0 Å². The van der Waals surface area contributed by atoms with Crippen molar-refractivity contribution in [3.8, 4) is 0 Å². The highest BCUT2D eigenvalue weighted by molar-refractivity contribution is 6.59. The zero-order valence-corrected chi connectivity index (χ0v) is 17.1. The Morgan fingerprint density at radius 3 is 2.36 bits per heavy atom. The van der Waals surface area contributed by atoms with Crippen molar-refractivity contribution in [3.05, 3.63) is 33.2 Å². The van der Waals surface area contributed by atoms with Crippen LogP contribution in [0.4, 0.5) is 10.5 Å². The number of azide groups is 1. The first-order valence-corrected chi connectivity index (χ1v) is 9.28. The van der Waals surface area contributed by atoms with E-state index in [2.05, 4.69) is 14.9 Å². The smallest absolute Gasteiger partial charge is 0.444 e. The van der Waals surface area contributed by atoms with Gasteiger partial charge in [0.2, 0.25) is 0 Å². The van der Waals surface area contributed by atoms with Crippen LogP contribution in [0.5, 0.6) is 0 Å². The van der Waals surface area contributed by atoms with E-state index in [1.165, 1.54) is 0 Å². The molecule has 2 N–H and O–H groups in total. The second kappa shape index (κ2) is 8.83. The number of hydrogen-bond acceptors (Lipinski definition) is 6. The molecule has 0 aliphatic carbocycles. The van der Waals surface area contributed by atoms with E-state index in [0.717, 1.165) is 11.1 Å². The summed E-state index contributed by atoms with van der Waals surface area (Å²) in [6, 6.07) is 1.74. The number of piperazine rings is 1. The normalized spacial score (nSPS) is 15.2. The molecule has 1 aliphatic heterocycles. The summed E-state index contributed by atoms with van der Waals surface area (Å²) in [7, 11) is -1.64. The molecular formula is C18H28BN5O4. The van der Waals surface area contributed by atoms with Gasteiger partial charge in [0.05, 0.1) is 0 Å². The fraction of sp³-hybridized carbons (Fsp3) is 0.611. The largest absolute Gasteiger partial charge is 0.488 e. The fourth-order valence-electron chi connectivity index (χ4n) is 3.26. The number of hydrogen-bond donors (Lipinski definition) is 2. The first-order chi connectivity index (χ1) is 13.0. The van der Waals surface area contributed by atoms with Gasteiger partial charge in [-0.1, -0.05) is 11.2 Å². The fourth-order valence-corrected chi connectivity index (χ4v) is 3.26. The molecule has 1 fully saturated rings. The Morgan fingerprint density at radius 2 is 1.86 bits per heavy atom. The minimum atomic E-state index is -1.64. The van der Waals surface area contributed by atoms with Crippen LogP contribution in [0.25, 0.3) is 10.4 Å². The molecule has 0 unspecified atom stereocenters. The van der Waals surface area contributed by atoms with E-state index in [9.17, 15) is 14.8 Å². The van der Waals surface area contributed by atoms with E-state index < -0.39 is 12.7 Å². The highest BCUT2D eigenvalue weighted by Crippen LogP contribution is 2.27. The van der Waals surface area contributed by atoms with Crippen molar-refractivity contribution in [2.24, 2.45) is 5.11 Å². The summed E-state index contributed by atoms with van der Waals surface area (Å²) in [6.07, 6.45) is -0.310. The molecule has 10 heteroatoms. The number of ether oxygens (including phenoxy) is 1. The van der Waals surface area contributed by atoms with E-state index in [4.69, 9.17) is 10.3 Å². The first kappa shape index (κ1) is 22.0. The Kier molecular flexibility index (Phi) is 6.95. The van der Waals surface area contributed by atoms with Crippen LogP contribution in [0.15, 0.2) is 11.2 Å². The summed E-state index contributed by atoms with van der Waals surface area (Å²) < 4.78 is 5.41. The van der Waals surface area contributed by atoms with E-state index >= 15 is 0 Å². The van der Waals surface area contributed by atoms with Crippen molar-refractivity contribution in [1.82, 2.24) is 9.80 Å². The third kappa shape index (κ3) is 5.39. The summed E-state index contributed by atoms with van der Waals surface area (Å²) in [5.41, 5.74) is 11.3. The molecule has 2 rings (SSSR count). The van der Waals surface area contributed by atoms with Crippen molar-refractivity contribution < 1.29 is 19.6 Å². The topological polar surface area (TPSA) is 122 Å². The van der Waals surface area contributed by atoms with E-state index in [1.807, 2.05) is 27.7 Å². The first-order valence-electron chi connectivity index (χ1n) is 9.28. The molecule has 1 aliphatic rings. The third-order valence-corrected chi connectivity index (χ3v) is 4.80. The molecule has 0 spiro atoms. The molecule has 1 saturated heterocycles. The number of carbonyl (C=O) groups is 1. The molecule has 0 saturated carbocycles. The molecule has 0 aromatic heterocycles. The average molecular weight is 389 g/mol. The summed E-state index contributed by atoms with van der Waals surface area (Å²) >= 11 is 0. The molecule has 1 amide bonds. The molecule has 28 heavy (non-hydrogen) atoms. The molecule has 0 bridgehead atoms. The second-order valence-electron chi connectivity index (χ2n) is 8.03. The summed E-state index contributed by atoms with van der Waals surface area (Å²) in [5.74, 6) is 0. The van der Waals surface area contributed by atoms with Crippen molar-refractivity contribution in [2.75, 3.05) is 26.2 Å². The van der Waals surface area contributed by atoms with Gasteiger partial charge in [-0.15, -0.1) is 0 Å². The molecule has 1 aromatic rings. The molecule has 1 heterocycles. The van der Waals surface area contributed by atoms with Crippen LogP contribution < -0.4 is 5.46 Å². The summed E-state index contributed by atoms with van der Waals surface area (Å²) in [5, 5.41) is 23.1. The highest BCUT2D eigenvalue weighted by atomic mass is 16.6. The minimum absolute atomic E-state index is 0.310. The number of rotatable bonds is 4. The zero-order chi connectivity index (χ0) is 21.1. The van der Waals surface area contributed by atoms with Gasteiger partial charge in [-0.05, 0) is 62.3 Å². The van der Waals surface area contributed by atoms with Gasteiger partial charge in [0, 0.05) is 43.3 Å². The highest BCUT2D eigenvalue weighted by Gasteiger charge is 2.27. The predicted molar refractivity (Wildman–Crippen MR) is 108 cm³/mol. The van der Waals surface area contributed by atoms with Gasteiger partial charge in [-0.25, -0.2) is 4.79 Å². The Balaban J connectivity index is 2.13. The molecule has 0 radical (unpaired) electrons. The number of amides is 1. The number of carbonyl (C=O) groups excluding carboxylic acids is 1. The lowest BCUT2D eigenvalue weighted by Gasteiger charge is -2.36. The van der Waals surface area contributed by atoms with Crippen LogP contribution in [-0.4, -0.2) is 64.8 Å².